The van der Waals surface area contributed by atoms with Crippen molar-refractivity contribution in [2.24, 2.45) is 5.92 Å². The minimum atomic E-state index is -4.13. The molecule has 1 fully saturated rings. The molecule has 1 aliphatic heterocycles. The van der Waals surface area contributed by atoms with Crippen LogP contribution in [0.4, 0.5) is 13.2 Å². The molecule has 0 radical (unpaired) electrons. The molecule has 0 atom stereocenters. The van der Waals surface area contributed by atoms with Gasteiger partial charge in [-0.3, -0.25) is 4.79 Å². The lowest BCUT2D eigenvalue weighted by atomic mass is 9.97. The maximum absolute atomic E-state index is 11.8. The number of amides is 1. The molecule has 0 aromatic carbocycles. The molecular formula is C10H18ClF3N2O. The van der Waals surface area contributed by atoms with Crippen LogP contribution in [-0.2, 0) is 4.79 Å². The Morgan fingerprint density at radius 2 is 1.88 bits per heavy atom. The summed E-state index contributed by atoms with van der Waals surface area (Å²) in [6.45, 7) is 1.73. The topological polar surface area (TPSA) is 41.1 Å². The van der Waals surface area contributed by atoms with Crippen LogP contribution >= 0.6 is 12.4 Å². The van der Waals surface area contributed by atoms with Crippen LogP contribution in [0.5, 0.6) is 0 Å². The van der Waals surface area contributed by atoms with Crippen molar-refractivity contribution in [3.05, 3.63) is 0 Å². The second kappa shape index (κ2) is 7.76. The third kappa shape index (κ3) is 7.44. The molecule has 3 nitrogen and oxygen atoms in total. The van der Waals surface area contributed by atoms with Crippen molar-refractivity contribution in [3.8, 4) is 0 Å². The standard InChI is InChI=1S/C10H17F3N2O.ClH/c11-10(12,13)4-1-5-15-9(16)8-2-6-14-7-3-8;/h8,14H,1-7H2,(H,15,16);1H. The van der Waals surface area contributed by atoms with Crippen LogP contribution in [0.3, 0.4) is 0 Å². The SMILES string of the molecule is Cl.O=C(NCCCC(F)(F)F)C1CCNCC1. The monoisotopic (exact) mass is 274 g/mol. The quantitative estimate of drug-likeness (QED) is 0.769. The largest absolute Gasteiger partial charge is 0.389 e. The fraction of sp³-hybridized carbons (Fsp3) is 0.900. The lowest BCUT2D eigenvalue weighted by Gasteiger charge is -2.21. The Morgan fingerprint density at radius 3 is 2.41 bits per heavy atom. The van der Waals surface area contributed by atoms with Gasteiger partial charge in [-0.25, -0.2) is 0 Å². The number of piperidine rings is 1. The normalized spacial score (nSPS) is 17.4. The van der Waals surface area contributed by atoms with Crippen molar-refractivity contribution in [3.63, 3.8) is 0 Å². The first-order chi connectivity index (χ1) is 7.49. The van der Waals surface area contributed by atoms with Crippen LogP contribution < -0.4 is 10.6 Å². The molecule has 0 aromatic heterocycles. The maximum atomic E-state index is 11.8. The Bertz CT molecular complexity index is 230. The number of hydrogen-bond acceptors (Lipinski definition) is 2. The molecule has 0 aromatic rings. The van der Waals surface area contributed by atoms with Gasteiger partial charge in [0.15, 0.2) is 0 Å². The summed E-state index contributed by atoms with van der Waals surface area (Å²) in [4.78, 5) is 11.5. The summed E-state index contributed by atoms with van der Waals surface area (Å²) in [5.74, 6) is -0.143. The third-order valence-corrected chi connectivity index (χ3v) is 2.65. The highest BCUT2D eigenvalue weighted by Gasteiger charge is 2.26. The van der Waals surface area contributed by atoms with Crippen LogP contribution in [0.15, 0.2) is 0 Å². The highest BCUT2D eigenvalue weighted by atomic mass is 35.5. The second-order valence-corrected chi connectivity index (χ2v) is 4.03. The molecule has 1 heterocycles. The first kappa shape index (κ1) is 16.5. The summed E-state index contributed by atoms with van der Waals surface area (Å²) in [6.07, 6.45) is -3.46. The molecule has 7 heteroatoms. The molecule has 1 saturated heterocycles. The lowest BCUT2D eigenvalue weighted by molar-refractivity contribution is -0.136. The highest BCUT2D eigenvalue weighted by Crippen LogP contribution is 2.20. The number of carbonyl (C=O) groups is 1. The van der Waals surface area contributed by atoms with Crippen molar-refractivity contribution in [1.29, 1.82) is 0 Å². The Morgan fingerprint density at radius 1 is 1.29 bits per heavy atom. The number of halogens is 4. The number of carbonyl (C=O) groups excluding carboxylic acids is 1. The molecule has 17 heavy (non-hydrogen) atoms. The van der Waals surface area contributed by atoms with Gasteiger partial charge in [0.2, 0.25) is 5.91 Å². The van der Waals surface area contributed by atoms with Crippen LogP contribution in [0.1, 0.15) is 25.7 Å². The molecule has 1 aliphatic rings. The van der Waals surface area contributed by atoms with Gasteiger partial charge >= 0.3 is 6.18 Å². The van der Waals surface area contributed by atoms with E-state index in [-0.39, 0.29) is 37.2 Å². The minimum Gasteiger partial charge on any atom is -0.356 e. The average Bonchev–Trinajstić information content (AvgIpc) is 2.24. The molecule has 2 N–H and O–H groups in total. The number of alkyl halides is 3. The molecule has 1 rings (SSSR count). The summed E-state index contributed by atoms with van der Waals surface area (Å²) in [6, 6.07) is 0. The first-order valence-corrected chi connectivity index (χ1v) is 5.54. The number of rotatable bonds is 4. The van der Waals surface area contributed by atoms with E-state index in [9.17, 15) is 18.0 Å². The van der Waals surface area contributed by atoms with E-state index in [0.717, 1.165) is 25.9 Å². The van der Waals surface area contributed by atoms with Crippen molar-refractivity contribution in [2.45, 2.75) is 31.9 Å². The zero-order valence-corrected chi connectivity index (χ0v) is 10.3. The zero-order valence-electron chi connectivity index (χ0n) is 9.48. The summed E-state index contributed by atoms with van der Waals surface area (Å²) < 4.78 is 35.4. The van der Waals surface area contributed by atoms with Gasteiger partial charge in [-0.05, 0) is 32.4 Å². The molecule has 0 unspecified atom stereocenters. The Hall–Kier alpha value is -0.490. The summed E-state index contributed by atoms with van der Waals surface area (Å²) >= 11 is 0. The molecule has 0 bridgehead atoms. The first-order valence-electron chi connectivity index (χ1n) is 5.54. The summed E-state index contributed by atoms with van der Waals surface area (Å²) in [5.41, 5.74) is 0. The number of nitrogens with one attached hydrogen (secondary N) is 2. The van der Waals surface area contributed by atoms with E-state index >= 15 is 0 Å². The van der Waals surface area contributed by atoms with Crippen LogP contribution in [0.25, 0.3) is 0 Å². The van der Waals surface area contributed by atoms with Gasteiger partial charge < -0.3 is 10.6 Å². The smallest absolute Gasteiger partial charge is 0.356 e. The van der Waals surface area contributed by atoms with Gasteiger partial charge in [0, 0.05) is 18.9 Å². The molecule has 0 saturated carbocycles. The summed E-state index contributed by atoms with van der Waals surface area (Å²) in [5, 5.41) is 5.69. The second-order valence-electron chi connectivity index (χ2n) is 4.03. The maximum Gasteiger partial charge on any atom is 0.389 e. The van der Waals surface area contributed by atoms with Crippen molar-refractivity contribution < 1.29 is 18.0 Å². The fourth-order valence-electron chi connectivity index (χ4n) is 1.73. The van der Waals surface area contributed by atoms with E-state index in [2.05, 4.69) is 10.6 Å². The van der Waals surface area contributed by atoms with Crippen molar-refractivity contribution in [2.75, 3.05) is 19.6 Å². The van der Waals surface area contributed by atoms with Crippen LogP contribution in [0, 0.1) is 5.92 Å². The van der Waals surface area contributed by atoms with E-state index in [4.69, 9.17) is 0 Å². The Labute approximate surface area is 105 Å². The van der Waals surface area contributed by atoms with E-state index in [0.29, 0.717) is 0 Å². The predicted molar refractivity (Wildman–Crippen MR) is 61.1 cm³/mol. The third-order valence-electron chi connectivity index (χ3n) is 2.65. The fourth-order valence-corrected chi connectivity index (χ4v) is 1.73. The Balaban J connectivity index is 0.00000256. The molecule has 102 valence electrons. The lowest BCUT2D eigenvalue weighted by Crippen LogP contribution is -2.38. The predicted octanol–water partition coefficient (Wildman–Crippen LogP) is 1.87. The van der Waals surface area contributed by atoms with Gasteiger partial charge in [0.1, 0.15) is 0 Å². The van der Waals surface area contributed by atoms with E-state index < -0.39 is 12.6 Å². The zero-order chi connectivity index (χ0) is 12.0. The van der Waals surface area contributed by atoms with Gasteiger partial charge in [-0.1, -0.05) is 0 Å². The van der Waals surface area contributed by atoms with Gasteiger partial charge in [0.05, 0.1) is 0 Å². The average molecular weight is 275 g/mol. The van der Waals surface area contributed by atoms with Crippen molar-refractivity contribution >= 4 is 18.3 Å². The minimum absolute atomic E-state index is 0. The number of hydrogen-bond donors (Lipinski definition) is 2. The van der Waals surface area contributed by atoms with Gasteiger partial charge in [-0.2, -0.15) is 13.2 Å². The molecule has 0 aliphatic carbocycles. The molecule has 1 amide bonds. The van der Waals surface area contributed by atoms with Crippen molar-refractivity contribution in [1.82, 2.24) is 10.6 Å². The molecule has 0 spiro atoms. The van der Waals surface area contributed by atoms with E-state index in [1.807, 2.05) is 0 Å². The van der Waals surface area contributed by atoms with Crippen LogP contribution in [0.2, 0.25) is 0 Å². The summed E-state index contributed by atoms with van der Waals surface area (Å²) in [7, 11) is 0. The van der Waals surface area contributed by atoms with Gasteiger partial charge in [0.25, 0.3) is 0 Å². The molecular weight excluding hydrogens is 257 g/mol. The van der Waals surface area contributed by atoms with Crippen LogP contribution in [-0.4, -0.2) is 31.7 Å². The van der Waals surface area contributed by atoms with E-state index in [1.165, 1.54) is 0 Å². The Kier molecular flexibility index (Phi) is 7.54. The van der Waals surface area contributed by atoms with Gasteiger partial charge in [-0.15, -0.1) is 12.4 Å². The highest BCUT2D eigenvalue weighted by molar-refractivity contribution is 5.85. The van der Waals surface area contributed by atoms with E-state index in [1.54, 1.807) is 0 Å².